The van der Waals surface area contributed by atoms with Gasteiger partial charge < -0.3 is 36.4 Å². The van der Waals surface area contributed by atoms with Gasteiger partial charge in [0.05, 0.1) is 47.0 Å². The molecule has 0 radical (unpaired) electrons. The molecular weight excluding hydrogens is 733 g/mol. The molecule has 14 heteroatoms. The molecule has 1 fully saturated rings. The molecule has 0 spiro atoms. The Kier molecular flexibility index (Phi) is 16.1. The van der Waals surface area contributed by atoms with Gasteiger partial charge in [-0.3, -0.25) is 24.0 Å². The van der Waals surface area contributed by atoms with Gasteiger partial charge in [0.15, 0.2) is 0 Å². The monoisotopic (exact) mass is 790 g/mol. The zero-order valence-corrected chi connectivity index (χ0v) is 34.2. The zero-order chi connectivity index (χ0) is 41.0. The average Bonchev–Trinajstić information content (AvgIpc) is 3.77. The molecule has 1 aliphatic rings. The summed E-state index contributed by atoms with van der Waals surface area (Å²) < 4.78 is 5.94. The lowest BCUT2D eigenvalue weighted by atomic mass is 9.85. The van der Waals surface area contributed by atoms with E-state index in [2.05, 4.69) is 20.9 Å². The summed E-state index contributed by atoms with van der Waals surface area (Å²) >= 11 is 1.58. The second kappa shape index (κ2) is 20.5. The number of aliphatic hydroxyl groups excluding tert-OH is 1. The Balaban J connectivity index is 1.25. The largest absolute Gasteiger partial charge is 0.391 e. The topological polar surface area (TPSA) is 193 Å². The number of β-amino-alcohol motifs (C(OH)–C–C–N with tert-alkyl or cyclic N) is 1. The van der Waals surface area contributed by atoms with Crippen LogP contribution < -0.4 is 21.7 Å². The van der Waals surface area contributed by atoms with E-state index in [1.54, 1.807) is 11.3 Å². The second-order valence-corrected chi connectivity index (χ2v) is 16.7. The van der Waals surface area contributed by atoms with Crippen LogP contribution in [0.1, 0.15) is 102 Å². The summed E-state index contributed by atoms with van der Waals surface area (Å²) in [4.78, 5) is 69.8. The molecular formula is C42H58N6O7S. The number of benzene rings is 2. The van der Waals surface area contributed by atoms with Crippen LogP contribution in [0.15, 0.2) is 54.0 Å². The number of hydrogen-bond donors (Lipinski definition) is 5. The number of ether oxygens (including phenoxy) is 1. The molecule has 0 saturated carbocycles. The quantitative estimate of drug-likeness (QED) is 0.0817. The normalized spacial score (nSPS) is 17.7. The number of nitrogens with two attached hydrogens (primary N) is 1. The number of nitrogens with one attached hydrogen (secondary N) is 3. The minimum Gasteiger partial charge on any atom is -0.391 e. The number of primary amides is 1. The molecule has 1 saturated heterocycles. The van der Waals surface area contributed by atoms with Crippen LogP contribution >= 0.6 is 11.3 Å². The standard InChI is InChI=1S/C42H58N6O7S/c1-26(31-15-17-32(18-16-31)38-27(2)45-25-56-38)46-40(53)35-21-33(50)22-48(35)41(54)39(42(4,5)6)47-37(52)10-8-7-9-29-11-13-30(14-12-29)23-55-28(3)34(44-24-49)19-20-36(43)51/h11-18,24-26,28,33-35,39,50H,7-10,19-23H2,1-6H3,(H2,43,51)(H,44,49)(H,46,53)(H,47,52)/t26-,28+,33+,34-,35-,39+/m0/s1. The first-order chi connectivity index (χ1) is 26.6. The van der Waals surface area contributed by atoms with E-state index in [0.717, 1.165) is 45.7 Å². The van der Waals surface area contributed by atoms with Crippen molar-refractivity contribution in [1.82, 2.24) is 25.8 Å². The highest BCUT2D eigenvalue weighted by Crippen LogP contribution is 2.30. The first kappa shape index (κ1) is 44.1. The third-order valence-corrected chi connectivity index (χ3v) is 11.2. The van der Waals surface area contributed by atoms with Crippen molar-refractivity contribution in [3.63, 3.8) is 0 Å². The number of nitrogens with zero attached hydrogens (tertiary/aromatic N) is 2. The lowest BCUT2D eigenvalue weighted by molar-refractivity contribution is -0.144. The van der Waals surface area contributed by atoms with Gasteiger partial charge in [-0.25, -0.2) is 4.98 Å². The zero-order valence-electron chi connectivity index (χ0n) is 33.4. The fraction of sp³-hybridized carbons (Fsp3) is 0.524. The van der Waals surface area contributed by atoms with Crippen molar-refractivity contribution in [2.45, 2.75) is 129 Å². The fourth-order valence-electron chi connectivity index (χ4n) is 6.85. The first-order valence-electron chi connectivity index (χ1n) is 19.3. The Labute approximate surface area is 334 Å². The Hall–Kier alpha value is -4.66. The van der Waals surface area contributed by atoms with Crippen molar-refractivity contribution >= 4 is 41.4 Å². The van der Waals surface area contributed by atoms with Crippen molar-refractivity contribution in [3.05, 3.63) is 76.4 Å². The summed E-state index contributed by atoms with van der Waals surface area (Å²) in [5, 5.41) is 19.3. The van der Waals surface area contributed by atoms with Crippen LogP contribution in [-0.2, 0) is 41.7 Å². The molecule has 0 unspecified atom stereocenters. The number of rotatable bonds is 20. The Morgan fingerprint density at radius 1 is 1.02 bits per heavy atom. The van der Waals surface area contributed by atoms with E-state index in [1.165, 1.54) is 4.90 Å². The predicted octanol–water partition coefficient (Wildman–Crippen LogP) is 4.49. The predicted molar refractivity (Wildman–Crippen MR) is 216 cm³/mol. The fourth-order valence-corrected chi connectivity index (χ4v) is 7.66. The van der Waals surface area contributed by atoms with Gasteiger partial charge >= 0.3 is 0 Å². The molecule has 56 heavy (non-hydrogen) atoms. The Morgan fingerprint density at radius 3 is 2.30 bits per heavy atom. The van der Waals surface area contributed by atoms with Gasteiger partial charge in [-0.2, -0.15) is 0 Å². The average molecular weight is 791 g/mol. The molecule has 0 aliphatic carbocycles. The van der Waals surface area contributed by atoms with E-state index in [1.807, 2.05) is 95.6 Å². The maximum atomic E-state index is 14.0. The summed E-state index contributed by atoms with van der Waals surface area (Å²) in [5.41, 5.74) is 11.4. The number of aryl methyl sites for hydroxylation is 2. The summed E-state index contributed by atoms with van der Waals surface area (Å²) in [7, 11) is 0. The minimum absolute atomic E-state index is 0.00937. The first-order valence-corrected chi connectivity index (χ1v) is 20.2. The number of carbonyl (C=O) groups is 5. The lowest BCUT2D eigenvalue weighted by Crippen LogP contribution is -2.57. The number of likely N-dealkylation sites (tertiary alicyclic amines) is 1. The molecule has 13 nitrogen and oxygen atoms in total. The van der Waals surface area contributed by atoms with Gasteiger partial charge in [-0.15, -0.1) is 11.3 Å². The molecule has 5 amide bonds. The van der Waals surface area contributed by atoms with E-state index in [-0.39, 0.29) is 61.7 Å². The molecule has 0 bridgehead atoms. The van der Waals surface area contributed by atoms with E-state index in [0.29, 0.717) is 25.9 Å². The highest BCUT2D eigenvalue weighted by atomic mass is 32.1. The van der Waals surface area contributed by atoms with E-state index < -0.39 is 29.5 Å². The number of aliphatic hydroxyl groups is 1. The SMILES string of the molecule is Cc1ncsc1-c1ccc([C@H](C)NC(=O)[C@@H]2C[C@@H](O)CN2C(=O)[C@@H](NC(=O)CCCCc2ccc(CO[C@H](C)[C@H](CCC(N)=O)NC=O)cc2)C(C)(C)C)cc1. The van der Waals surface area contributed by atoms with Crippen LogP contribution in [0.4, 0.5) is 0 Å². The number of amides is 5. The van der Waals surface area contributed by atoms with Gasteiger partial charge in [-0.05, 0) is 74.1 Å². The molecule has 3 aromatic rings. The summed E-state index contributed by atoms with van der Waals surface area (Å²) in [6.45, 7) is 11.7. The van der Waals surface area contributed by atoms with Gasteiger partial charge in [0.25, 0.3) is 0 Å². The van der Waals surface area contributed by atoms with Gasteiger partial charge in [0.2, 0.25) is 30.0 Å². The van der Waals surface area contributed by atoms with Crippen LogP contribution in [0.2, 0.25) is 0 Å². The van der Waals surface area contributed by atoms with Crippen LogP contribution in [0.5, 0.6) is 0 Å². The van der Waals surface area contributed by atoms with Gasteiger partial charge in [-0.1, -0.05) is 69.3 Å². The van der Waals surface area contributed by atoms with Gasteiger partial charge in [0.1, 0.15) is 12.1 Å². The maximum absolute atomic E-state index is 14.0. The van der Waals surface area contributed by atoms with Gasteiger partial charge in [0, 0.05) is 25.8 Å². The molecule has 6 N–H and O–H groups in total. The Morgan fingerprint density at radius 2 is 1.70 bits per heavy atom. The van der Waals surface area contributed by atoms with E-state index >= 15 is 0 Å². The molecule has 304 valence electrons. The van der Waals surface area contributed by atoms with Crippen molar-refractivity contribution in [2.75, 3.05) is 6.54 Å². The molecule has 2 aromatic carbocycles. The summed E-state index contributed by atoms with van der Waals surface area (Å²) in [5.74, 6) is -1.42. The van der Waals surface area contributed by atoms with E-state index in [4.69, 9.17) is 10.5 Å². The number of hydrogen-bond acceptors (Lipinski definition) is 9. The van der Waals surface area contributed by atoms with Crippen LogP contribution in [0.25, 0.3) is 10.4 Å². The molecule has 4 rings (SSSR count). The van der Waals surface area contributed by atoms with E-state index in [9.17, 15) is 29.1 Å². The second-order valence-electron chi connectivity index (χ2n) is 15.8. The third kappa shape index (κ3) is 12.7. The number of thiazole rings is 1. The summed E-state index contributed by atoms with van der Waals surface area (Å²) in [6.07, 6.45) is 2.47. The summed E-state index contributed by atoms with van der Waals surface area (Å²) in [6, 6.07) is 13.5. The van der Waals surface area contributed by atoms with Crippen LogP contribution in [0.3, 0.4) is 0 Å². The maximum Gasteiger partial charge on any atom is 0.246 e. The van der Waals surface area contributed by atoms with Crippen molar-refractivity contribution in [2.24, 2.45) is 11.1 Å². The molecule has 2 heterocycles. The molecule has 1 aliphatic heterocycles. The van der Waals surface area contributed by atoms with Crippen molar-refractivity contribution in [1.29, 1.82) is 0 Å². The Bertz CT molecular complexity index is 1770. The highest BCUT2D eigenvalue weighted by molar-refractivity contribution is 7.13. The van der Waals surface area contributed by atoms with Crippen molar-refractivity contribution in [3.8, 4) is 10.4 Å². The van der Waals surface area contributed by atoms with Crippen LogP contribution in [0, 0.1) is 12.3 Å². The third-order valence-electron chi connectivity index (χ3n) is 10.3. The van der Waals surface area contributed by atoms with Crippen LogP contribution in [-0.4, -0.2) is 81.9 Å². The number of carbonyl (C=O) groups excluding carboxylic acids is 5. The van der Waals surface area contributed by atoms with Crippen molar-refractivity contribution < 1.29 is 33.8 Å². The number of aromatic nitrogens is 1. The smallest absolute Gasteiger partial charge is 0.246 e. The molecule has 6 atom stereocenters. The molecule has 1 aromatic heterocycles. The highest BCUT2D eigenvalue weighted by Gasteiger charge is 2.44. The lowest BCUT2D eigenvalue weighted by Gasteiger charge is -2.35. The number of unbranched alkanes of at least 4 members (excludes halogenated alkanes) is 1. The minimum atomic E-state index is -0.888.